The lowest BCUT2D eigenvalue weighted by molar-refractivity contribution is -0.308. The molecule has 18 heteroatoms. The third kappa shape index (κ3) is 18.8. The van der Waals surface area contributed by atoms with E-state index in [0.717, 1.165) is 12.8 Å². The molecule has 0 aromatic rings. The standard InChI is InChI=1S/C47H75NO17/c1-27-17-15-13-11-9-7-5-6-8-10-12-14-16-18-34(64-46-44(58)41(48)43(57)30(4)63-46)24-38-40(45(59)60)37(54)26-47(61,65-38)25-33(51)22-36(53)35(52)20-19-31(49)21-32(50)23-39(55)62-29(3)28(2)42(27)56/h5-6,8,10-18,27-38,40-44,46,49-54,56-58,61H,7,9,19-26,48H2,1-4H3,(H,59,60)/b6-5+,10-8+,13-11+,14-12+,17-15+,18-16+/t27-,28-,29-,30+,31+,32?,33?,34-,35+,36?,37-,38-,40+,41-,42+,43+,44-,46-,47+/m0/s1. The lowest BCUT2D eigenvalue weighted by Crippen LogP contribution is -2.61. The number of allylic oxidation sites excluding steroid dienone is 10. The second kappa shape index (κ2) is 27.6. The molecule has 3 aliphatic rings. The fourth-order valence-corrected chi connectivity index (χ4v) is 8.13. The van der Waals surface area contributed by atoms with Crippen LogP contribution in [-0.2, 0) is 28.5 Å². The Balaban J connectivity index is 1.84. The molecule has 3 rings (SSSR count). The third-order valence-electron chi connectivity index (χ3n) is 12.2. The zero-order chi connectivity index (χ0) is 48.4. The van der Waals surface area contributed by atoms with E-state index >= 15 is 0 Å². The largest absolute Gasteiger partial charge is 0.481 e. The van der Waals surface area contributed by atoms with Gasteiger partial charge in [0.05, 0.1) is 79.6 Å². The minimum atomic E-state index is -2.32. The van der Waals surface area contributed by atoms with Crippen LogP contribution in [0, 0.1) is 17.8 Å². The van der Waals surface area contributed by atoms with Gasteiger partial charge in [-0.25, -0.2) is 0 Å². The molecule has 0 radical (unpaired) electrons. The number of cyclic esters (lactones) is 1. The van der Waals surface area contributed by atoms with Gasteiger partial charge in [-0.3, -0.25) is 9.59 Å². The number of aliphatic hydroxyl groups is 10. The van der Waals surface area contributed by atoms with Crippen LogP contribution in [0.15, 0.2) is 72.9 Å². The maximum atomic E-state index is 12.6. The Morgan fingerprint density at radius 3 is 1.97 bits per heavy atom. The van der Waals surface area contributed by atoms with E-state index in [4.69, 9.17) is 24.7 Å². The number of carboxylic acids is 1. The average molecular weight is 926 g/mol. The summed E-state index contributed by atoms with van der Waals surface area (Å²) in [6, 6.07) is -1.14. The molecular weight excluding hydrogens is 851 g/mol. The molecule has 0 spiro atoms. The molecule has 0 saturated carbocycles. The second-order valence-electron chi connectivity index (χ2n) is 17.8. The molecule has 370 valence electrons. The molecule has 0 aliphatic carbocycles. The summed E-state index contributed by atoms with van der Waals surface area (Å²) in [4.78, 5) is 25.1. The molecule has 0 amide bonds. The molecule has 13 N–H and O–H groups in total. The van der Waals surface area contributed by atoms with E-state index in [2.05, 4.69) is 0 Å². The third-order valence-corrected chi connectivity index (χ3v) is 12.2. The summed E-state index contributed by atoms with van der Waals surface area (Å²) in [7, 11) is 0. The zero-order valence-corrected chi connectivity index (χ0v) is 37.8. The number of aliphatic carboxylic acids is 1. The lowest BCUT2D eigenvalue weighted by atomic mass is 9.82. The van der Waals surface area contributed by atoms with Gasteiger partial charge in [0.1, 0.15) is 18.1 Å². The number of rotatable bonds is 3. The van der Waals surface area contributed by atoms with Crippen molar-refractivity contribution in [1.82, 2.24) is 0 Å². The van der Waals surface area contributed by atoms with Gasteiger partial charge in [0, 0.05) is 37.5 Å². The van der Waals surface area contributed by atoms with E-state index in [1.807, 2.05) is 49.5 Å². The van der Waals surface area contributed by atoms with Crippen molar-refractivity contribution >= 4 is 11.9 Å². The predicted octanol–water partition coefficient (Wildman–Crippen LogP) is 0.936. The summed E-state index contributed by atoms with van der Waals surface area (Å²) in [5.74, 6) is -6.77. The van der Waals surface area contributed by atoms with Gasteiger partial charge in [-0.05, 0) is 46.0 Å². The van der Waals surface area contributed by atoms with Crippen LogP contribution in [-0.4, -0.2) is 166 Å². The first-order valence-corrected chi connectivity index (χ1v) is 22.6. The van der Waals surface area contributed by atoms with Crippen molar-refractivity contribution in [3.05, 3.63) is 72.9 Å². The monoisotopic (exact) mass is 926 g/mol. The van der Waals surface area contributed by atoms with Crippen LogP contribution in [0.1, 0.15) is 91.9 Å². The van der Waals surface area contributed by atoms with E-state index in [-0.39, 0.29) is 31.6 Å². The molecule has 19 atom stereocenters. The van der Waals surface area contributed by atoms with Gasteiger partial charge in [0.2, 0.25) is 0 Å². The maximum absolute atomic E-state index is 12.6. The normalized spacial score (nSPS) is 45.2. The highest BCUT2D eigenvalue weighted by molar-refractivity contribution is 5.71. The average Bonchev–Trinajstić information content (AvgIpc) is 3.21. The molecule has 3 heterocycles. The van der Waals surface area contributed by atoms with Crippen LogP contribution in [0.4, 0.5) is 0 Å². The van der Waals surface area contributed by atoms with Crippen molar-refractivity contribution in [2.24, 2.45) is 23.5 Å². The van der Waals surface area contributed by atoms with E-state index < -0.39 is 147 Å². The van der Waals surface area contributed by atoms with Crippen molar-refractivity contribution < 1.29 is 84.7 Å². The zero-order valence-electron chi connectivity index (χ0n) is 37.8. The number of aliphatic hydroxyl groups excluding tert-OH is 9. The van der Waals surface area contributed by atoms with Crippen LogP contribution < -0.4 is 5.73 Å². The molecule has 0 aromatic carbocycles. The molecule has 18 nitrogen and oxygen atoms in total. The summed E-state index contributed by atoms with van der Waals surface area (Å²) in [6.45, 7) is 6.78. The van der Waals surface area contributed by atoms with E-state index in [0.29, 0.717) is 0 Å². The minimum absolute atomic E-state index is 0.103. The number of carboxylic acid groups (broad SMARTS) is 1. The van der Waals surface area contributed by atoms with E-state index in [9.17, 15) is 65.8 Å². The summed E-state index contributed by atoms with van der Waals surface area (Å²) >= 11 is 0. The maximum Gasteiger partial charge on any atom is 0.311 e. The highest BCUT2D eigenvalue weighted by atomic mass is 16.7. The summed E-state index contributed by atoms with van der Waals surface area (Å²) in [5.41, 5.74) is 6.02. The van der Waals surface area contributed by atoms with Gasteiger partial charge in [0.25, 0.3) is 0 Å². The smallest absolute Gasteiger partial charge is 0.311 e. The fourth-order valence-electron chi connectivity index (χ4n) is 8.13. The van der Waals surface area contributed by atoms with Gasteiger partial charge < -0.3 is 80.9 Å². The Morgan fingerprint density at radius 1 is 0.692 bits per heavy atom. The number of esters is 1. The summed E-state index contributed by atoms with van der Waals surface area (Å²) in [5, 5.41) is 118. The molecule has 2 saturated heterocycles. The van der Waals surface area contributed by atoms with Gasteiger partial charge in [-0.2, -0.15) is 0 Å². The van der Waals surface area contributed by atoms with Gasteiger partial charge in [-0.15, -0.1) is 0 Å². The molecular formula is C47H75NO17. The molecule has 3 unspecified atom stereocenters. The first-order valence-electron chi connectivity index (χ1n) is 22.6. The topological polar surface area (TPSA) is 320 Å². The van der Waals surface area contributed by atoms with Crippen molar-refractivity contribution in [2.75, 3.05) is 0 Å². The fraction of sp³-hybridized carbons (Fsp3) is 0.702. The van der Waals surface area contributed by atoms with Crippen LogP contribution in [0.5, 0.6) is 0 Å². The number of hydrogen-bond donors (Lipinski definition) is 12. The predicted molar refractivity (Wildman–Crippen MR) is 237 cm³/mol. The van der Waals surface area contributed by atoms with Gasteiger partial charge in [0.15, 0.2) is 12.1 Å². The molecule has 2 fully saturated rings. The Labute approximate surface area is 381 Å². The second-order valence-corrected chi connectivity index (χ2v) is 17.8. The minimum Gasteiger partial charge on any atom is -0.481 e. The van der Waals surface area contributed by atoms with Crippen molar-refractivity contribution in [3.8, 4) is 0 Å². The Hall–Kier alpha value is -3.18. The van der Waals surface area contributed by atoms with Gasteiger partial charge in [-0.1, -0.05) is 86.8 Å². The molecule has 65 heavy (non-hydrogen) atoms. The first-order chi connectivity index (χ1) is 30.6. The highest BCUT2D eigenvalue weighted by Gasteiger charge is 2.51. The first kappa shape index (κ1) is 56.1. The number of ether oxygens (including phenoxy) is 4. The Kier molecular flexibility index (Phi) is 23.8. The quantitative estimate of drug-likeness (QED) is 0.175. The molecule has 3 aliphatic heterocycles. The number of fused-ring (bicyclic) bond motifs is 2. The van der Waals surface area contributed by atoms with Crippen molar-refractivity contribution in [3.63, 3.8) is 0 Å². The van der Waals surface area contributed by atoms with Crippen LogP contribution >= 0.6 is 0 Å². The SMILES string of the molecule is C[C@@H]1[C@H](O)[C@@H](C)/C=C/C=C/CC/C=C/C=C/C=C/C=C/[C@H](O[C@@H]2O[C@H](C)[C@@H](O)[C@H](N)[C@@H]2O)C[C@@H]2O[C@](O)(CC(O)CC(O)[C@H](O)CC[C@@H](O)CC(O)CC(=O)O[C@H]1C)C[C@H](O)[C@H]2C(=O)O. The molecule has 2 bridgehead atoms. The number of nitrogens with two attached hydrogens (primary N) is 1. The lowest BCUT2D eigenvalue weighted by Gasteiger charge is -2.45. The number of carbonyl (C=O) groups is 2. The number of hydrogen-bond acceptors (Lipinski definition) is 17. The van der Waals surface area contributed by atoms with E-state index in [1.54, 1.807) is 38.2 Å². The van der Waals surface area contributed by atoms with E-state index in [1.165, 1.54) is 13.0 Å². The molecule has 0 aromatic heterocycles. The Bertz CT molecular complexity index is 1620. The number of carbonyl (C=O) groups excluding carboxylic acids is 1. The van der Waals surface area contributed by atoms with Gasteiger partial charge >= 0.3 is 11.9 Å². The summed E-state index contributed by atoms with van der Waals surface area (Å²) in [6.07, 6.45) is 2.26. The van der Waals surface area contributed by atoms with Crippen LogP contribution in [0.3, 0.4) is 0 Å². The van der Waals surface area contributed by atoms with Crippen molar-refractivity contribution in [2.45, 2.75) is 189 Å². The highest BCUT2D eigenvalue weighted by Crippen LogP contribution is 2.38. The summed E-state index contributed by atoms with van der Waals surface area (Å²) < 4.78 is 23.2. The van der Waals surface area contributed by atoms with Crippen LogP contribution in [0.25, 0.3) is 0 Å². The van der Waals surface area contributed by atoms with Crippen LogP contribution in [0.2, 0.25) is 0 Å². The van der Waals surface area contributed by atoms with Crippen molar-refractivity contribution in [1.29, 1.82) is 0 Å². The Morgan fingerprint density at radius 2 is 1.31 bits per heavy atom.